The van der Waals surface area contributed by atoms with Crippen molar-refractivity contribution in [2.45, 2.75) is 25.4 Å². The largest absolute Gasteiger partial charge is 0.348 e. The van der Waals surface area contributed by atoms with Crippen molar-refractivity contribution in [1.29, 1.82) is 0 Å². The van der Waals surface area contributed by atoms with Gasteiger partial charge in [-0.15, -0.1) is 0 Å². The molecule has 1 fully saturated rings. The zero-order valence-electron chi connectivity index (χ0n) is 14.9. The zero-order chi connectivity index (χ0) is 17.5. The minimum atomic E-state index is 0.0539. The van der Waals surface area contributed by atoms with Crippen molar-refractivity contribution >= 4 is 5.91 Å². The van der Waals surface area contributed by atoms with Gasteiger partial charge in [0.05, 0.1) is 0 Å². The minimum absolute atomic E-state index is 0.0539. The van der Waals surface area contributed by atoms with E-state index in [0.29, 0.717) is 0 Å². The molecule has 1 saturated heterocycles. The third-order valence-corrected chi connectivity index (χ3v) is 4.76. The third-order valence-electron chi connectivity index (χ3n) is 4.76. The Hall–Kier alpha value is -2.17. The Morgan fingerprint density at radius 1 is 1.12 bits per heavy atom. The molecule has 4 heteroatoms. The van der Waals surface area contributed by atoms with Crippen molar-refractivity contribution in [2.24, 2.45) is 0 Å². The second-order valence-corrected chi connectivity index (χ2v) is 6.69. The Kier molecular flexibility index (Phi) is 6.20. The molecule has 1 atom stereocenters. The predicted molar refractivity (Wildman–Crippen MR) is 102 cm³/mol. The summed E-state index contributed by atoms with van der Waals surface area (Å²) in [6.45, 7) is 3.77. The van der Waals surface area contributed by atoms with Crippen LogP contribution in [0.4, 0.5) is 0 Å². The van der Waals surface area contributed by atoms with E-state index in [4.69, 9.17) is 0 Å². The number of likely N-dealkylation sites (tertiary alicyclic amines) is 1. The average Bonchev–Trinajstić information content (AvgIpc) is 3.07. The highest BCUT2D eigenvalue weighted by Crippen LogP contribution is 2.15. The Morgan fingerprint density at radius 3 is 2.68 bits per heavy atom. The smallest absolute Gasteiger partial charge is 0.251 e. The molecule has 0 aliphatic carbocycles. The number of hydrogen-bond donors (Lipinski definition) is 2. The molecule has 25 heavy (non-hydrogen) atoms. The third kappa shape index (κ3) is 4.91. The number of amides is 1. The van der Waals surface area contributed by atoms with Gasteiger partial charge in [-0.1, -0.05) is 48.5 Å². The molecule has 1 heterocycles. The molecule has 1 amide bonds. The Balaban J connectivity index is 1.55. The van der Waals surface area contributed by atoms with Crippen LogP contribution in [-0.4, -0.2) is 43.5 Å². The number of carbonyl (C=O) groups is 1. The second-order valence-electron chi connectivity index (χ2n) is 6.69. The lowest BCUT2D eigenvalue weighted by Crippen LogP contribution is -2.37. The van der Waals surface area contributed by atoms with Crippen molar-refractivity contribution in [2.75, 3.05) is 26.7 Å². The van der Waals surface area contributed by atoms with Gasteiger partial charge in [0.2, 0.25) is 0 Å². The lowest BCUT2D eigenvalue weighted by Gasteiger charge is -2.17. The number of rotatable bonds is 7. The topological polar surface area (TPSA) is 44.4 Å². The number of carbonyl (C=O) groups excluding carboxylic acids is 1. The molecule has 0 radical (unpaired) electrons. The highest BCUT2D eigenvalue weighted by Gasteiger charge is 2.24. The number of likely N-dealkylation sites (N-methyl/N-ethyl adjacent to an activating group) is 1. The molecule has 4 nitrogen and oxygen atoms in total. The van der Waals surface area contributed by atoms with Crippen molar-refractivity contribution < 1.29 is 4.79 Å². The van der Waals surface area contributed by atoms with Gasteiger partial charge in [0.1, 0.15) is 0 Å². The Bertz CT molecular complexity index is 687. The Morgan fingerprint density at radius 2 is 1.88 bits per heavy atom. The van der Waals surface area contributed by atoms with E-state index >= 15 is 0 Å². The minimum Gasteiger partial charge on any atom is -0.348 e. The molecule has 2 aromatic rings. The molecule has 1 aliphatic heterocycles. The van der Waals surface area contributed by atoms with Gasteiger partial charge >= 0.3 is 0 Å². The molecule has 0 spiro atoms. The van der Waals surface area contributed by atoms with Crippen LogP contribution in [-0.2, 0) is 13.0 Å². The summed E-state index contributed by atoms with van der Waals surface area (Å²) in [6, 6.07) is 18.6. The molecule has 3 rings (SSSR count). The molecule has 1 unspecified atom stereocenters. The fourth-order valence-corrected chi connectivity index (χ4v) is 3.42. The molecule has 0 bridgehead atoms. The van der Waals surface area contributed by atoms with E-state index in [2.05, 4.69) is 39.8 Å². The average molecular weight is 337 g/mol. The van der Waals surface area contributed by atoms with Crippen LogP contribution in [0.15, 0.2) is 54.6 Å². The van der Waals surface area contributed by atoms with E-state index in [1.165, 1.54) is 5.56 Å². The summed E-state index contributed by atoms with van der Waals surface area (Å²) in [5, 5.41) is 6.37. The molecule has 1 aliphatic rings. The second kappa shape index (κ2) is 8.79. The molecule has 2 N–H and O–H groups in total. The van der Waals surface area contributed by atoms with Crippen molar-refractivity contribution in [3.8, 4) is 0 Å². The van der Waals surface area contributed by atoms with Crippen LogP contribution in [0.25, 0.3) is 0 Å². The van der Waals surface area contributed by atoms with Crippen LogP contribution in [0.2, 0.25) is 0 Å². The zero-order valence-corrected chi connectivity index (χ0v) is 14.9. The van der Waals surface area contributed by atoms with Gasteiger partial charge in [-0.2, -0.15) is 0 Å². The Labute approximate surface area is 150 Å². The highest BCUT2D eigenvalue weighted by molar-refractivity contribution is 5.95. The quantitative estimate of drug-likeness (QED) is 0.816. The molecule has 0 saturated carbocycles. The van der Waals surface area contributed by atoms with Crippen LogP contribution < -0.4 is 10.6 Å². The fourth-order valence-electron chi connectivity index (χ4n) is 3.42. The van der Waals surface area contributed by atoms with Crippen LogP contribution in [0.5, 0.6) is 0 Å². The number of hydrogen-bond acceptors (Lipinski definition) is 3. The summed E-state index contributed by atoms with van der Waals surface area (Å²) in [7, 11) is 1.93. The monoisotopic (exact) mass is 337 g/mol. The van der Waals surface area contributed by atoms with Crippen LogP contribution in [0, 0.1) is 0 Å². The van der Waals surface area contributed by atoms with Crippen LogP contribution >= 0.6 is 0 Å². The fraction of sp³-hybridized carbons (Fsp3) is 0.381. The molecular weight excluding hydrogens is 310 g/mol. The summed E-state index contributed by atoms with van der Waals surface area (Å²) in [4.78, 5) is 15.1. The van der Waals surface area contributed by atoms with Gasteiger partial charge < -0.3 is 10.6 Å². The van der Waals surface area contributed by atoms with Gasteiger partial charge in [-0.05, 0) is 43.6 Å². The van der Waals surface area contributed by atoms with E-state index in [1.54, 1.807) is 0 Å². The van der Waals surface area contributed by atoms with Crippen LogP contribution in [0.1, 0.15) is 27.9 Å². The van der Waals surface area contributed by atoms with Crippen LogP contribution in [0.3, 0.4) is 0 Å². The molecule has 132 valence electrons. The van der Waals surface area contributed by atoms with Gasteiger partial charge in [-0.3, -0.25) is 9.69 Å². The number of nitrogens with zero attached hydrogens (tertiary/aromatic N) is 1. The maximum Gasteiger partial charge on any atom is 0.251 e. The van der Waals surface area contributed by atoms with E-state index in [0.717, 1.165) is 50.1 Å². The summed E-state index contributed by atoms with van der Waals surface area (Å²) in [5.41, 5.74) is 3.24. The first kappa shape index (κ1) is 17.6. The summed E-state index contributed by atoms with van der Waals surface area (Å²) in [6.07, 6.45) is 1.88. The number of nitrogens with one attached hydrogen (secondary N) is 2. The van der Waals surface area contributed by atoms with Crippen molar-refractivity contribution in [1.82, 2.24) is 15.5 Å². The summed E-state index contributed by atoms with van der Waals surface area (Å²) < 4.78 is 0. The van der Waals surface area contributed by atoms with Crippen molar-refractivity contribution in [3.05, 3.63) is 71.3 Å². The first-order valence-corrected chi connectivity index (χ1v) is 9.06. The first-order valence-electron chi connectivity index (χ1n) is 9.06. The maximum absolute atomic E-state index is 12.7. The standard InChI is InChI=1S/C21H27N3O/c1-22-13-11-18-9-5-6-10-20(18)21(25)23-19-12-14-24(16-19)15-17-7-3-2-4-8-17/h2-10,19,22H,11-16H2,1H3,(H,23,25). The lowest BCUT2D eigenvalue weighted by molar-refractivity contribution is 0.0936. The van der Waals surface area contributed by atoms with Crippen molar-refractivity contribution in [3.63, 3.8) is 0 Å². The van der Waals surface area contributed by atoms with Gasteiger partial charge in [-0.25, -0.2) is 0 Å². The number of benzene rings is 2. The summed E-state index contributed by atoms with van der Waals surface area (Å²) >= 11 is 0. The van der Waals surface area contributed by atoms with Gasteiger partial charge in [0, 0.05) is 31.2 Å². The highest BCUT2D eigenvalue weighted by atomic mass is 16.1. The van der Waals surface area contributed by atoms with E-state index in [1.807, 2.05) is 37.4 Å². The van der Waals surface area contributed by atoms with E-state index < -0.39 is 0 Å². The molecule has 2 aromatic carbocycles. The lowest BCUT2D eigenvalue weighted by atomic mass is 10.0. The molecule has 0 aromatic heterocycles. The summed E-state index contributed by atoms with van der Waals surface area (Å²) in [5.74, 6) is 0.0539. The van der Waals surface area contributed by atoms with E-state index in [9.17, 15) is 4.79 Å². The molecular formula is C21H27N3O. The van der Waals surface area contributed by atoms with E-state index in [-0.39, 0.29) is 11.9 Å². The predicted octanol–water partition coefficient (Wildman–Crippen LogP) is 2.45. The van der Waals surface area contributed by atoms with Gasteiger partial charge in [0.25, 0.3) is 5.91 Å². The van der Waals surface area contributed by atoms with Gasteiger partial charge in [0.15, 0.2) is 0 Å². The maximum atomic E-state index is 12.7. The first-order chi connectivity index (χ1) is 12.3. The normalized spacial score (nSPS) is 17.6. The SMILES string of the molecule is CNCCc1ccccc1C(=O)NC1CCN(Cc2ccccc2)C1.